The fourth-order valence-electron chi connectivity index (χ4n) is 4.38. The SMILES string of the molecule is COc1ccc(CN2CCC([NH+]3CC(C)OC(C)C3)CC2)cc1OC. The minimum atomic E-state index is 0.392. The molecule has 2 aliphatic rings. The van der Waals surface area contributed by atoms with Crippen molar-refractivity contribution in [2.24, 2.45) is 0 Å². The van der Waals surface area contributed by atoms with Crippen LogP contribution in [0.25, 0.3) is 0 Å². The van der Waals surface area contributed by atoms with Gasteiger partial charge in [0, 0.05) is 32.5 Å². The van der Waals surface area contributed by atoms with Gasteiger partial charge in [0.15, 0.2) is 11.5 Å². The van der Waals surface area contributed by atoms with Crippen LogP contribution in [-0.2, 0) is 11.3 Å². The van der Waals surface area contributed by atoms with Crippen LogP contribution in [0.5, 0.6) is 11.5 Å². The van der Waals surface area contributed by atoms with Crippen LogP contribution in [0.4, 0.5) is 0 Å². The smallest absolute Gasteiger partial charge is 0.161 e. The van der Waals surface area contributed by atoms with Crippen molar-refractivity contribution in [1.82, 2.24) is 4.90 Å². The number of hydrogen-bond acceptors (Lipinski definition) is 4. The van der Waals surface area contributed by atoms with Gasteiger partial charge in [0.05, 0.1) is 20.3 Å². The molecule has 140 valence electrons. The molecular weight excluding hydrogens is 316 g/mol. The van der Waals surface area contributed by atoms with E-state index in [1.165, 1.54) is 31.5 Å². The molecule has 25 heavy (non-hydrogen) atoms. The molecule has 0 aromatic heterocycles. The molecule has 2 saturated heterocycles. The van der Waals surface area contributed by atoms with Crippen LogP contribution in [0.3, 0.4) is 0 Å². The third kappa shape index (κ3) is 4.66. The molecule has 5 nitrogen and oxygen atoms in total. The van der Waals surface area contributed by atoms with Crippen molar-refractivity contribution in [1.29, 1.82) is 0 Å². The van der Waals surface area contributed by atoms with Gasteiger partial charge in [-0.1, -0.05) is 6.07 Å². The van der Waals surface area contributed by atoms with E-state index in [9.17, 15) is 0 Å². The molecule has 5 heteroatoms. The monoisotopic (exact) mass is 349 g/mol. The molecule has 0 radical (unpaired) electrons. The first-order valence-electron chi connectivity index (χ1n) is 9.52. The highest BCUT2D eigenvalue weighted by Crippen LogP contribution is 2.28. The third-order valence-corrected chi connectivity index (χ3v) is 5.58. The number of quaternary nitrogens is 1. The predicted molar refractivity (Wildman–Crippen MR) is 98.6 cm³/mol. The minimum absolute atomic E-state index is 0.392. The van der Waals surface area contributed by atoms with Gasteiger partial charge in [0.2, 0.25) is 0 Å². The molecule has 1 aromatic carbocycles. The first kappa shape index (κ1) is 18.5. The summed E-state index contributed by atoms with van der Waals surface area (Å²) in [5.41, 5.74) is 1.29. The standard InChI is InChI=1S/C20H32N2O3/c1-15-12-22(13-16(2)25-15)18-7-9-21(10-8-18)14-17-5-6-19(23-3)20(11-17)24-4/h5-6,11,15-16,18H,7-10,12-14H2,1-4H3/p+1. The summed E-state index contributed by atoms with van der Waals surface area (Å²) >= 11 is 0. The molecule has 0 saturated carbocycles. The molecule has 0 spiro atoms. The molecule has 0 amide bonds. The molecule has 1 N–H and O–H groups in total. The van der Waals surface area contributed by atoms with E-state index in [1.807, 2.05) is 6.07 Å². The second kappa shape index (κ2) is 8.39. The highest BCUT2D eigenvalue weighted by atomic mass is 16.5. The zero-order chi connectivity index (χ0) is 17.8. The summed E-state index contributed by atoms with van der Waals surface area (Å²) < 4.78 is 16.6. The van der Waals surface area contributed by atoms with Crippen molar-refractivity contribution in [3.63, 3.8) is 0 Å². The summed E-state index contributed by atoms with van der Waals surface area (Å²) in [6.07, 6.45) is 3.34. The Bertz CT molecular complexity index is 548. The van der Waals surface area contributed by atoms with Crippen LogP contribution >= 0.6 is 0 Å². The van der Waals surface area contributed by atoms with Gasteiger partial charge >= 0.3 is 0 Å². The Morgan fingerprint density at radius 1 is 1.04 bits per heavy atom. The summed E-state index contributed by atoms with van der Waals surface area (Å²) in [5.74, 6) is 1.61. The maximum absolute atomic E-state index is 5.89. The van der Waals surface area contributed by atoms with Crippen LogP contribution in [0, 0.1) is 0 Å². The van der Waals surface area contributed by atoms with Crippen LogP contribution < -0.4 is 14.4 Å². The predicted octanol–water partition coefficient (Wildman–Crippen LogP) is 1.36. The van der Waals surface area contributed by atoms with E-state index in [1.54, 1.807) is 19.1 Å². The molecule has 2 fully saturated rings. The Labute approximate surface area is 151 Å². The molecule has 0 aliphatic carbocycles. The lowest BCUT2D eigenvalue weighted by Gasteiger charge is -2.41. The molecule has 2 atom stereocenters. The number of rotatable bonds is 5. The van der Waals surface area contributed by atoms with Gasteiger partial charge in [-0.05, 0) is 31.5 Å². The van der Waals surface area contributed by atoms with Gasteiger partial charge in [0.1, 0.15) is 25.3 Å². The first-order valence-corrected chi connectivity index (χ1v) is 9.52. The van der Waals surface area contributed by atoms with E-state index >= 15 is 0 Å². The van der Waals surface area contributed by atoms with Gasteiger partial charge in [-0.15, -0.1) is 0 Å². The molecule has 2 heterocycles. The zero-order valence-corrected chi connectivity index (χ0v) is 16.1. The molecule has 2 aliphatic heterocycles. The third-order valence-electron chi connectivity index (χ3n) is 5.58. The van der Waals surface area contributed by atoms with E-state index in [2.05, 4.69) is 30.9 Å². The second-order valence-corrected chi connectivity index (χ2v) is 7.56. The zero-order valence-electron chi connectivity index (χ0n) is 16.1. The Morgan fingerprint density at radius 2 is 1.68 bits per heavy atom. The van der Waals surface area contributed by atoms with E-state index in [0.29, 0.717) is 12.2 Å². The Kier molecular flexibility index (Phi) is 6.20. The summed E-state index contributed by atoms with van der Waals surface area (Å²) in [6, 6.07) is 7.03. The number of morpholine rings is 1. The Morgan fingerprint density at radius 3 is 2.28 bits per heavy atom. The average Bonchev–Trinajstić information content (AvgIpc) is 2.61. The molecule has 3 rings (SSSR count). The van der Waals surface area contributed by atoms with Crippen LogP contribution in [0.15, 0.2) is 18.2 Å². The van der Waals surface area contributed by atoms with E-state index in [-0.39, 0.29) is 0 Å². The van der Waals surface area contributed by atoms with Gasteiger partial charge in [-0.2, -0.15) is 0 Å². The number of nitrogens with one attached hydrogen (secondary N) is 1. The van der Waals surface area contributed by atoms with Crippen LogP contribution in [-0.4, -0.2) is 63.5 Å². The fraction of sp³-hybridized carbons (Fsp3) is 0.700. The van der Waals surface area contributed by atoms with E-state index in [4.69, 9.17) is 14.2 Å². The lowest BCUT2D eigenvalue weighted by molar-refractivity contribution is -0.940. The Balaban J connectivity index is 1.52. The number of likely N-dealkylation sites (tertiary alicyclic amines) is 1. The van der Waals surface area contributed by atoms with E-state index < -0.39 is 0 Å². The molecular formula is C20H33N2O3+. The molecule has 1 aromatic rings. The topological polar surface area (TPSA) is 35.4 Å². The van der Waals surface area contributed by atoms with Gasteiger partial charge < -0.3 is 19.1 Å². The summed E-state index contributed by atoms with van der Waals surface area (Å²) in [5, 5.41) is 0. The highest BCUT2D eigenvalue weighted by Gasteiger charge is 2.33. The number of benzene rings is 1. The van der Waals surface area contributed by atoms with Crippen LogP contribution in [0.2, 0.25) is 0 Å². The van der Waals surface area contributed by atoms with Crippen molar-refractivity contribution in [3.8, 4) is 11.5 Å². The van der Waals surface area contributed by atoms with Crippen molar-refractivity contribution in [2.75, 3.05) is 40.4 Å². The molecule has 2 unspecified atom stereocenters. The largest absolute Gasteiger partial charge is 0.493 e. The molecule has 0 bridgehead atoms. The maximum Gasteiger partial charge on any atom is 0.161 e. The number of ether oxygens (including phenoxy) is 3. The number of piperidine rings is 1. The summed E-state index contributed by atoms with van der Waals surface area (Å²) in [4.78, 5) is 4.31. The number of nitrogens with zero attached hydrogens (tertiary/aromatic N) is 1. The normalized spacial score (nSPS) is 28.7. The lowest BCUT2D eigenvalue weighted by atomic mass is 10.0. The Hall–Kier alpha value is -1.30. The maximum atomic E-state index is 5.89. The summed E-state index contributed by atoms with van der Waals surface area (Å²) in [6.45, 7) is 10.1. The van der Waals surface area contributed by atoms with Gasteiger partial charge in [-0.25, -0.2) is 0 Å². The van der Waals surface area contributed by atoms with Crippen LogP contribution in [0.1, 0.15) is 32.3 Å². The second-order valence-electron chi connectivity index (χ2n) is 7.56. The van der Waals surface area contributed by atoms with Crippen molar-refractivity contribution in [2.45, 2.75) is 51.5 Å². The minimum Gasteiger partial charge on any atom is -0.493 e. The van der Waals surface area contributed by atoms with Gasteiger partial charge in [-0.3, -0.25) is 4.90 Å². The highest BCUT2D eigenvalue weighted by molar-refractivity contribution is 5.42. The fourth-order valence-corrected chi connectivity index (χ4v) is 4.38. The van der Waals surface area contributed by atoms with Crippen molar-refractivity contribution in [3.05, 3.63) is 23.8 Å². The summed E-state index contributed by atoms with van der Waals surface area (Å²) in [7, 11) is 3.37. The number of hydrogen-bond donors (Lipinski definition) is 1. The van der Waals surface area contributed by atoms with Gasteiger partial charge in [0.25, 0.3) is 0 Å². The average molecular weight is 349 g/mol. The number of methoxy groups -OCH3 is 2. The quantitative estimate of drug-likeness (QED) is 0.871. The van der Waals surface area contributed by atoms with E-state index in [0.717, 1.165) is 37.2 Å². The van der Waals surface area contributed by atoms with Crippen molar-refractivity contribution < 1.29 is 19.1 Å². The first-order chi connectivity index (χ1) is 12.1. The lowest BCUT2D eigenvalue weighted by Crippen LogP contribution is -3.19. The van der Waals surface area contributed by atoms with Crippen molar-refractivity contribution >= 4 is 0 Å².